The average Bonchev–Trinajstić information content (AvgIpc) is 3.47. The molecule has 0 aliphatic carbocycles. The molecule has 1 aliphatic rings. The first-order valence-corrected chi connectivity index (χ1v) is 12.2. The summed E-state index contributed by atoms with van der Waals surface area (Å²) in [5.41, 5.74) is 6.15. The molecule has 0 bridgehead atoms. The van der Waals surface area contributed by atoms with Crippen LogP contribution >= 0.6 is 0 Å². The van der Waals surface area contributed by atoms with Crippen molar-refractivity contribution >= 4 is 40.0 Å². The maximum Gasteiger partial charge on any atom is 0.257 e. The summed E-state index contributed by atoms with van der Waals surface area (Å²) in [6.07, 6.45) is 4.75. The zero-order valence-corrected chi connectivity index (χ0v) is 20.2. The Bertz CT molecular complexity index is 1380. The van der Waals surface area contributed by atoms with Gasteiger partial charge >= 0.3 is 0 Å². The Labute approximate surface area is 215 Å². The van der Waals surface area contributed by atoms with Crippen LogP contribution in [0.4, 0.5) is 34.1 Å². The standard InChI is InChI=1S/C29H28N6O2/c30-18-21-17-25(32-22-5-8-26(9-6-22)35-15-12-27(36)13-16-35)7-10-28(21)33-23-1-3-24(4-2-23)34-29(37)20-11-14-31-19-20/h1-11,14,17,19,27,31-33,36H,12-13,15-16H2,(H,34,37). The van der Waals surface area contributed by atoms with Gasteiger partial charge in [-0.25, -0.2) is 0 Å². The lowest BCUT2D eigenvalue weighted by molar-refractivity contribution is 0.102. The largest absolute Gasteiger partial charge is 0.393 e. The molecule has 2 heterocycles. The van der Waals surface area contributed by atoms with Crippen molar-refractivity contribution in [3.05, 3.63) is 96.3 Å². The van der Waals surface area contributed by atoms with E-state index in [4.69, 9.17) is 0 Å². The lowest BCUT2D eigenvalue weighted by Gasteiger charge is -2.31. The highest BCUT2D eigenvalue weighted by molar-refractivity contribution is 6.04. The molecule has 1 fully saturated rings. The van der Waals surface area contributed by atoms with Gasteiger partial charge in [-0.05, 0) is 85.6 Å². The van der Waals surface area contributed by atoms with Gasteiger partial charge in [0.05, 0.1) is 22.9 Å². The van der Waals surface area contributed by atoms with Crippen LogP contribution in [0.15, 0.2) is 85.2 Å². The van der Waals surface area contributed by atoms with Gasteiger partial charge in [0.15, 0.2) is 0 Å². The summed E-state index contributed by atoms with van der Waals surface area (Å²) in [6.45, 7) is 1.72. The first kappa shape index (κ1) is 24.0. The Morgan fingerprint density at radius 1 is 0.892 bits per heavy atom. The minimum absolute atomic E-state index is 0.183. The highest BCUT2D eigenvalue weighted by Gasteiger charge is 2.17. The number of hydrogen-bond acceptors (Lipinski definition) is 6. The third-order valence-corrected chi connectivity index (χ3v) is 6.41. The van der Waals surface area contributed by atoms with Gasteiger partial charge in [0.1, 0.15) is 6.07 Å². The van der Waals surface area contributed by atoms with E-state index in [-0.39, 0.29) is 12.0 Å². The first-order chi connectivity index (χ1) is 18.1. The molecule has 0 radical (unpaired) electrons. The van der Waals surface area contributed by atoms with Crippen molar-refractivity contribution in [1.82, 2.24) is 4.98 Å². The Hall–Kier alpha value is -4.74. The summed E-state index contributed by atoms with van der Waals surface area (Å²) in [5, 5.41) is 28.9. The third kappa shape index (κ3) is 5.92. The van der Waals surface area contributed by atoms with Crippen LogP contribution in [0, 0.1) is 11.3 Å². The van der Waals surface area contributed by atoms with Gasteiger partial charge in [-0.3, -0.25) is 4.79 Å². The van der Waals surface area contributed by atoms with E-state index in [0.29, 0.717) is 22.5 Å². The van der Waals surface area contributed by atoms with Crippen molar-refractivity contribution in [2.24, 2.45) is 0 Å². The molecule has 8 nitrogen and oxygen atoms in total. The number of aromatic nitrogens is 1. The molecule has 186 valence electrons. The molecular weight excluding hydrogens is 464 g/mol. The Morgan fingerprint density at radius 2 is 1.54 bits per heavy atom. The quantitative estimate of drug-likeness (QED) is 0.230. The monoisotopic (exact) mass is 492 g/mol. The second-order valence-electron chi connectivity index (χ2n) is 9.02. The lowest BCUT2D eigenvalue weighted by Crippen LogP contribution is -2.35. The number of H-pyrrole nitrogens is 1. The summed E-state index contributed by atoms with van der Waals surface area (Å²) < 4.78 is 0. The van der Waals surface area contributed by atoms with Crippen molar-refractivity contribution in [1.29, 1.82) is 5.26 Å². The van der Waals surface area contributed by atoms with Crippen LogP contribution in [0.3, 0.4) is 0 Å². The zero-order chi connectivity index (χ0) is 25.6. The smallest absolute Gasteiger partial charge is 0.257 e. The molecule has 1 amide bonds. The van der Waals surface area contributed by atoms with Crippen molar-refractivity contribution in [2.75, 3.05) is 33.9 Å². The van der Waals surface area contributed by atoms with Gasteiger partial charge in [0.2, 0.25) is 0 Å². The van der Waals surface area contributed by atoms with Crippen LogP contribution < -0.4 is 20.9 Å². The second kappa shape index (κ2) is 10.9. The summed E-state index contributed by atoms with van der Waals surface area (Å²) in [5.74, 6) is -0.183. The molecule has 1 aliphatic heterocycles. The molecule has 1 aromatic heterocycles. The number of nitrogens with one attached hydrogen (secondary N) is 4. The maximum absolute atomic E-state index is 12.2. The van der Waals surface area contributed by atoms with Crippen LogP contribution in [0.25, 0.3) is 0 Å². The predicted molar refractivity (Wildman–Crippen MR) is 147 cm³/mol. The molecule has 0 spiro atoms. The maximum atomic E-state index is 12.2. The van der Waals surface area contributed by atoms with E-state index in [1.54, 1.807) is 18.5 Å². The number of nitrogens with zero attached hydrogens (tertiary/aromatic N) is 2. The number of rotatable bonds is 7. The van der Waals surface area contributed by atoms with E-state index in [0.717, 1.165) is 48.7 Å². The minimum atomic E-state index is -0.189. The number of anilines is 6. The number of amides is 1. The van der Waals surface area contributed by atoms with Crippen LogP contribution in [0.2, 0.25) is 0 Å². The Morgan fingerprint density at radius 3 is 2.22 bits per heavy atom. The Kier molecular flexibility index (Phi) is 7.06. The molecule has 0 unspecified atom stereocenters. The number of piperidine rings is 1. The summed E-state index contributed by atoms with van der Waals surface area (Å²) >= 11 is 0. The second-order valence-corrected chi connectivity index (χ2v) is 9.02. The van der Waals surface area contributed by atoms with Crippen LogP contribution in [-0.4, -0.2) is 35.2 Å². The van der Waals surface area contributed by atoms with E-state index in [1.807, 2.05) is 54.6 Å². The fourth-order valence-corrected chi connectivity index (χ4v) is 4.33. The topological polar surface area (TPSA) is 116 Å². The molecule has 1 saturated heterocycles. The molecule has 3 aromatic carbocycles. The van der Waals surface area contributed by atoms with Crippen molar-refractivity contribution in [3.8, 4) is 6.07 Å². The van der Waals surface area contributed by atoms with Gasteiger partial charge in [0, 0.05) is 53.9 Å². The van der Waals surface area contributed by atoms with Gasteiger partial charge in [0.25, 0.3) is 5.91 Å². The molecule has 5 N–H and O–H groups in total. The summed E-state index contributed by atoms with van der Waals surface area (Å²) in [7, 11) is 0. The molecule has 0 saturated carbocycles. The fraction of sp³-hybridized carbons (Fsp3) is 0.172. The van der Waals surface area contributed by atoms with Gasteiger partial charge in [-0.15, -0.1) is 0 Å². The van der Waals surface area contributed by atoms with Gasteiger partial charge < -0.3 is 30.9 Å². The number of aliphatic hydroxyl groups excluding tert-OH is 1. The van der Waals surface area contributed by atoms with Gasteiger partial charge in [-0.2, -0.15) is 5.26 Å². The molecule has 0 atom stereocenters. The molecule has 37 heavy (non-hydrogen) atoms. The number of aliphatic hydroxyl groups is 1. The van der Waals surface area contributed by atoms with Crippen LogP contribution in [-0.2, 0) is 0 Å². The number of carbonyl (C=O) groups excluding carboxylic acids is 1. The van der Waals surface area contributed by atoms with Gasteiger partial charge in [-0.1, -0.05) is 0 Å². The van der Waals surface area contributed by atoms with E-state index in [2.05, 4.69) is 44.0 Å². The summed E-state index contributed by atoms with van der Waals surface area (Å²) in [4.78, 5) is 17.3. The van der Waals surface area contributed by atoms with Crippen LogP contribution in [0.5, 0.6) is 0 Å². The number of hydrogen-bond donors (Lipinski definition) is 5. The number of benzene rings is 3. The van der Waals surface area contributed by atoms with Crippen molar-refractivity contribution in [3.63, 3.8) is 0 Å². The van der Waals surface area contributed by atoms with E-state index < -0.39 is 0 Å². The molecule has 8 heteroatoms. The van der Waals surface area contributed by atoms with E-state index in [9.17, 15) is 15.2 Å². The average molecular weight is 493 g/mol. The van der Waals surface area contributed by atoms with Crippen molar-refractivity contribution in [2.45, 2.75) is 18.9 Å². The molecule has 5 rings (SSSR count). The highest BCUT2D eigenvalue weighted by atomic mass is 16.3. The minimum Gasteiger partial charge on any atom is -0.393 e. The first-order valence-electron chi connectivity index (χ1n) is 12.2. The number of aromatic amines is 1. The van der Waals surface area contributed by atoms with Crippen LogP contribution in [0.1, 0.15) is 28.8 Å². The van der Waals surface area contributed by atoms with E-state index in [1.165, 1.54) is 0 Å². The fourth-order valence-electron chi connectivity index (χ4n) is 4.33. The molecule has 4 aromatic rings. The predicted octanol–water partition coefficient (Wildman–Crippen LogP) is 5.59. The highest BCUT2D eigenvalue weighted by Crippen LogP contribution is 2.28. The zero-order valence-electron chi connectivity index (χ0n) is 20.2. The van der Waals surface area contributed by atoms with Crippen molar-refractivity contribution < 1.29 is 9.90 Å². The third-order valence-electron chi connectivity index (χ3n) is 6.41. The normalized spacial score (nSPS) is 13.6. The van der Waals surface area contributed by atoms with E-state index >= 15 is 0 Å². The molecular formula is C29H28N6O2. The number of nitriles is 1. The number of carbonyl (C=O) groups is 1. The summed E-state index contributed by atoms with van der Waals surface area (Å²) in [6, 6.07) is 25.1. The lowest BCUT2D eigenvalue weighted by atomic mass is 10.1. The Balaban J connectivity index is 1.21. The SMILES string of the molecule is N#Cc1cc(Nc2ccc(N3CCC(O)CC3)cc2)ccc1Nc1ccc(NC(=O)c2cc[nH]c2)cc1.